The lowest BCUT2D eigenvalue weighted by molar-refractivity contribution is -0.123. The Morgan fingerprint density at radius 2 is 1.02 bits per heavy atom. The van der Waals surface area contributed by atoms with Crippen molar-refractivity contribution in [1.29, 1.82) is 0 Å². The van der Waals surface area contributed by atoms with Crippen molar-refractivity contribution in [3.05, 3.63) is 24.3 Å². The highest BCUT2D eigenvalue weighted by atomic mass is 16.3. The summed E-state index contributed by atoms with van der Waals surface area (Å²) in [6.07, 6.45) is 39.4. The smallest absolute Gasteiger partial charge is 0.220 e. The first-order chi connectivity index (χ1) is 19.7. The van der Waals surface area contributed by atoms with Crippen molar-refractivity contribution in [2.75, 3.05) is 6.61 Å². The second kappa shape index (κ2) is 32.4. The van der Waals surface area contributed by atoms with E-state index in [-0.39, 0.29) is 12.5 Å². The number of unbranched alkanes of at least 4 members (excludes halogenated alkanes) is 20. The Morgan fingerprint density at radius 1 is 0.600 bits per heavy atom. The third-order valence-electron chi connectivity index (χ3n) is 7.97. The van der Waals surface area contributed by atoms with Gasteiger partial charge in [0.2, 0.25) is 5.91 Å². The number of allylic oxidation sites excluding steroid dienone is 4. The number of hydrogen-bond donors (Lipinski definition) is 3. The molecule has 0 aliphatic heterocycles. The molecule has 0 fully saturated rings. The highest BCUT2D eigenvalue weighted by Crippen LogP contribution is 2.14. The lowest BCUT2D eigenvalue weighted by Crippen LogP contribution is -2.45. The summed E-state index contributed by atoms with van der Waals surface area (Å²) in [7, 11) is 0. The van der Waals surface area contributed by atoms with Gasteiger partial charge >= 0.3 is 0 Å². The summed E-state index contributed by atoms with van der Waals surface area (Å²) in [5, 5.41) is 22.9. The number of rotatable bonds is 31. The van der Waals surface area contributed by atoms with Gasteiger partial charge in [0.1, 0.15) is 0 Å². The molecule has 3 N–H and O–H groups in total. The number of carbonyl (C=O) groups excluding carboxylic acids is 1. The second-order valence-electron chi connectivity index (χ2n) is 11.9. The maximum absolute atomic E-state index is 12.3. The minimum Gasteiger partial charge on any atom is -0.394 e. The Balaban J connectivity index is 3.58. The molecule has 4 nitrogen and oxygen atoms in total. The Bertz CT molecular complexity index is 574. The molecular formula is C36H69NO3. The van der Waals surface area contributed by atoms with E-state index >= 15 is 0 Å². The standard InChI is InChI=1S/C36H69NO3/c1-3-5-7-9-11-13-15-16-17-18-19-20-21-22-24-26-28-30-32-36(40)37-34(33-38)35(39)31-29-27-25-23-14-12-10-8-6-4-2/h13,15,17-18,34-35,38-39H,3-12,14,16,19-33H2,1-2H3,(H,37,40)/b15-13-,18-17-. The van der Waals surface area contributed by atoms with Gasteiger partial charge < -0.3 is 15.5 Å². The summed E-state index contributed by atoms with van der Waals surface area (Å²) in [6.45, 7) is 4.31. The van der Waals surface area contributed by atoms with E-state index in [9.17, 15) is 15.0 Å². The first-order valence-corrected chi connectivity index (χ1v) is 17.5. The van der Waals surface area contributed by atoms with Crippen LogP contribution in [0.25, 0.3) is 0 Å². The van der Waals surface area contributed by atoms with Gasteiger partial charge in [-0.2, -0.15) is 0 Å². The molecule has 0 aromatic carbocycles. The van der Waals surface area contributed by atoms with E-state index in [4.69, 9.17) is 0 Å². The monoisotopic (exact) mass is 564 g/mol. The summed E-state index contributed by atoms with van der Waals surface area (Å²) < 4.78 is 0. The van der Waals surface area contributed by atoms with Crippen LogP contribution in [0.1, 0.15) is 181 Å². The van der Waals surface area contributed by atoms with Gasteiger partial charge in [-0.05, 0) is 44.9 Å². The van der Waals surface area contributed by atoms with E-state index < -0.39 is 12.1 Å². The van der Waals surface area contributed by atoms with E-state index in [1.165, 1.54) is 122 Å². The molecule has 0 aliphatic rings. The molecule has 40 heavy (non-hydrogen) atoms. The molecule has 236 valence electrons. The SMILES string of the molecule is CCCCCC/C=C\C/C=C\CCCCCCCCCC(=O)NC(CO)C(O)CCCCCCCCCCCC. The van der Waals surface area contributed by atoms with Crippen molar-refractivity contribution in [1.82, 2.24) is 5.32 Å². The van der Waals surface area contributed by atoms with Crippen LogP contribution in [0.2, 0.25) is 0 Å². The van der Waals surface area contributed by atoms with Gasteiger partial charge in [0.25, 0.3) is 0 Å². The molecule has 0 spiro atoms. The average Bonchev–Trinajstić information content (AvgIpc) is 2.96. The highest BCUT2D eigenvalue weighted by molar-refractivity contribution is 5.76. The van der Waals surface area contributed by atoms with Crippen LogP contribution >= 0.6 is 0 Å². The topological polar surface area (TPSA) is 69.6 Å². The summed E-state index contributed by atoms with van der Waals surface area (Å²) >= 11 is 0. The molecule has 0 aromatic rings. The average molecular weight is 564 g/mol. The zero-order valence-electron chi connectivity index (χ0n) is 26.9. The lowest BCUT2D eigenvalue weighted by atomic mass is 10.0. The molecule has 4 heteroatoms. The summed E-state index contributed by atoms with van der Waals surface area (Å²) in [5.41, 5.74) is 0. The first kappa shape index (κ1) is 38.9. The summed E-state index contributed by atoms with van der Waals surface area (Å²) in [5.74, 6) is -0.0423. The molecule has 0 saturated carbocycles. The predicted molar refractivity (Wildman–Crippen MR) is 175 cm³/mol. The maximum atomic E-state index is 12.3. The van der Waals surface area contributed by atoms with Crippen molar-refractivity contribution in [3.8, 4) is 0 Å². The fourth-order valence-corrected chi connectivity index (χ4v) is 5.21. The number of nitrogens with one attached hydrogen (secondary N) is 1. The Labute approximate surface area is 249 Å². The molecule has 2 atom stereocenters. The third-order valence-corrected chi connectivity index (χ3v) is 7.97. The fraction of sp³-hybridized carbons (Fsp3) is 0.861. The molecule has 0 bridgehead atoms. The Kier molecular flexibility index (Phi) is 31.5. The van der Waals surface area contributed by atoms with Crippen molar-refractivity contribution < 1.29 is 15.0 Å². The van der Waals surface area contributed by atoms with Gasteiger partial charge in [0.05, 0.1) is 18.8 Å². The Hall–Kier alpha value is -1.13. The van der Waals surface area contributed by atoms with E-state index in [1.807, 2.05) is 0 Å². The maximum Gasteiger partial charge on any atom is 0.220 e. The Morgan fingerprint density at radius 3 is 1.52 bits per heavy atom. The third kappa shape index (κ3) is 28.4. The van der Waals surface area contributed by atoms with Crippen LogP contribution in [0.4, 0.5) is 0 Å². The van der Waals surface area contributed by atoms with Crippen LogP contribution < -0.4 is 5.32 Å². The van der Waals surface area contributed by atoms with Gasteiger partial charge in [-0.15, -0.1) is 0 Å². The molecule has 0 aromatic heterocycles. The minimum absolute atomic E-state index is 0.0423. The molecule has 0 radical (unpaired) electrons. The second-order valence-corrected chi connectivity index (χ2v) is 11.9. The van der Waals surface area contributed by atoms with Crippen molar-refractivity contribution in [2.24, 2.45) is 0 Å². The molecule has 0 heterocycles. The van der Waals surface area contributed by atoms with Crippen LogP contribution in [-0.4, -0.2) is 34.9 Å². The van der Waals surface area contributed by atoms with E-state index in [0.717, 1.165) is 32.1 Å². The summed E-state index contributed by atoms with van der Waals surface area (Å²) in [4.78, 5) is 12.3. The van der Waals surface area contributed by atoms with Gasteiger partial charge in [0, 0.05) is 6.42 Å². The first-order valence-electron chi connectivity index (χ1n) is 17.5. The fourth-order valence-electron chi connectivity index (χ4n) is 5.21. The van der Waals surface area contributed by atoms with Crippen molar-refractivity contribution in [3.63, 3.8) is 0 Å². The number of amides is 1. The summed E-state index contributed by atoms with van der Waals surface area (Å²) in [6, 6.07) is -0.535. The van der Waals surface area contributed by atoms with Crippen molar-refractivity contribution in [2.45, 2.75) is 193 Å². The molecule has 1 amide bonds. The molecule has 0 aliphatic carbocycles. The molecular weight excluding hydrogens is 494 g/mol. The zero-order valence-corrected chi connectivity index (χ0v) is 26.9. The molecule has 0 saturated heterocycles. The number of carbonyl (C=O) groups is 1. The largest absolute Gasteiger partial charge is 0.394 e. The van der Waals surface area contributed by atoms with Crippen LogP contribution in [0.15, 0.2) is 24.3 Å². The quantitative estimate of drug-likeness (QED) is 0.0580. The minimum atomic E-state index is -0.658. The predicted octanol–water partition coefficient (Wildman–Crippen LogP) is 10.1. The lowest BCUT2D eigenvalue weighted by Gasteiger charge is -2.22. The molecule has 2 unspecified atom stereocenters. The van der Waals surface area contributed by atoms with Crippen molar-refractivity contribution >= 4 is 5.91 Å². The van der Waals surface area contributed by atoms with E-state index in [0.29, 0.717) is 12.8 Å². The number of aliphatic hydroxyl groups is 2. The van der Waals surface area contributed by atoms with Gasteiger partial charge in [-0.25, -0.2) is 0 Å². The van der Waals surface area contributed by atoms with E-state index in [1.54, 1.807) is 0 Å². The van der Waals surface area contributed by atoms with Gasteiger partial charge in [0.15, 0.2) is 0 Å². The highest BCUT2D eigenvalue weighted by Gasteiger charge is 2.19. The van der Waals surface area contributed by atoms with Gasteiger partial charge in [-0.1, -0.05) is 154 Å². The number of hydrogen-bond acceptors (Lipinski definition) is 3. The van der Waals surface area contributed by atoms with Crippen LogP contribution in [-0.2, 0) is 4.79 Å². The van der Waals surface area contributed by atoms with E-state index in [2.05, 4.69) is 43.5 Å². The van der Waals surface area contributed by atoms with Gasteiger partial charge in [-0.3, -0.25) is 4.79 Å². The normalized spacial score (nSPS) is 13.4. The van der Waals surface area contributed by atoms with Crippen LogP contribution in [0.3, 0.4) is 0 Å². The number of aliphatic hydroxyl groups excluding tert-OH is 2. The zero-order chi connectivity index (χ0) is 29.4. The van der Waals surface area contributed by atoms with Crippen LogP contribution in [0, 0.1) is 0 Å². The molecule has 0 rings (SSSR count). The van der Waals surface area contributed by atoms with Crippen LogP contribution in [0.5, 0.6) is 0 Å².